The van der Waals surface area contributed by atoms with E-state index in [1.807, 2.05) is 0 Å². The molecular weight excluding hydrogens is 252 g/mol. The van der Waals surface area contributed by atoms with E-state index < -0.39 is 23.1 Å². The summed E-state index contributed by atoms with van der Waals surface area (Å²) in [4.78, 5) is 10.8. The minimum Gasteiger partial charge on any atom is -0.268 e. The van der Waals surface area contributed by atoms with Gasteiger partial charge in [0.25, 0.3) is 5.56 Å². The van der Waals surface area contributed by atoms with Gasteiger partial charge < -0.3 is 0 Å². The first-order chi connectivity index (χ1) is 8.38. The number of rotatable bonds is 1. The quantitative estimate of drug-likeness (QED) is 0.799. The molecule has 0 radical (unpaired) electrons. The van der Waals surface area contributed by atoms with Gasteiger partial charge in [0.05, 0.1) is 11.3 Å². The van der Waals surface area contributed by atoms with Gasteiger partial charge in [-0.25, -0.2) is 9.49 Å². The lowest BCUT2D eigenvalue weighted by atomic mass is 10.1. The molecule has 2 rings (SSSR count). The van der Waals surface area contributed by atoms with Gasteiger partial charge in [-0.1, -0.05) is 6.07 Å². The largest absolute Gasteiger partial charge is 0.419 e. The Morgan fingerprint density at radius 3 is 2.33 bits per heavy atom. The molecule has 0 atom stereocenters. The molecule has 0 aliphatic rings. The van der Waals surface area contributed by atoms with Crippen molar-refractivity contribution in [2.75, 3.05) is 0 Å². The van der Waals surface area contributed by atoms with Crippen molar-refractivity contribution in [2.45, 2.75) is 6.18 Å². The maximum Gasteiger partial charge on any atom is 0.419 e. The lowest BCUT2D eigenvalue weighted by Gasteiger charge is -2.08. The lowest BCUT2D eigenvalue weighted by Crippen LogP contribution is -2.08. The van der Waals surface area contributed by atoms with E-state index in [0.717, 1.165) is 18.2 Å². The molecule has 0 bridgehead atoms. The zero-order valence-electron chi connectivity index (χ0n) is 8.75. The molecule has 0 aliphatic carbocycles. The highest BCUT2D eigenvalue weighted by molar-refractivity contribution is 5.59. The monoisotopic (exact) mass is 258 g/mol. The van der Waals surface area contributed by atoms with Gasteiger partial charge in [0.15, 0.2) is 0 Å². The highest BCUT2D eigenvalue weighted by Gasteiger charge is 2.33. The van der Waals surface area contributed by atoms with E-state index in [4.69, 9.17) is 0 Å². The topological polar surface area (TPSA) is 45.8 Å². The molecule has 0 unspecified atom stereocenters. The van der Waals surface area contributed by atoms with E-state index in [1.54, 1.807) is 0 Å². The summed E-state index contributed by atoms with van der Waals surface area (Å²) >= 11 is 0. The summed E-state index contributed by atoms with van der Waals surface area (Å²) in [5, 5.41) is 5.71. The third kappa shape index (κ3) is 2.39. The van der Waals surface area contributed by atoms with Crippen LogP contribution in [0.2, 0.25) is 0 Å². The highest BCUT2D eigenvalue weighted by atomic mass is 19.4. The smallest absolute Gasteiger partial charge is 0.268 e. The van der Waals surface area contributed by atoms with Crippen LogP contribution in [0.5, 0.6) is 0 Å². The Morgan fingerprint density at radius 2 is 1.83 bits per heavy atom. The van der Waals surface area contributed by atoms with Crippen molar-refractivity contribution in [3.05, 3.63) is 52.1 Å². The molecule has 0 spiro atoms. The number of halogens is 4. The van der Waals surface area contributed by atoms with Crippen LogP contribution in [0.1, 0.15) is 5.56 Å². The fraction of sp³-hybridized carbons (Fsp3) is 0.0909. The predicted molar refractivity (Wildman–Crippen MR) is 55.3 cm³/mol. The number of benzene rings is 1. The summed E-state index contributed by atoms with van der Waals surface area (Å²) in [6, 6.07) is 4.90. The number of aromatic amines is 1. The molecule has 0 saturated heterocycles. The molecule has 2 aromatic rings. The van der Waals surface area contributed by atoms with Crippen molar-refractivity contribution in [3.8, 4) is 11.3 Å². The molecule has 1 aromatic heterocycles. The van der Waals surface area contributed by atoms with E-state index in [1.165, 1.54) is 6.07 Å². The van der Waals surface area contributed by atoms with Crippen LogP contribution in [0, 0.1) is 5.82 Å². The van der Waals surface area contributed by atoms with Gasteiger partial charge >= 0.3 is 6.18 Å². The van der Waals surface area contributed by atoms with Crippen LogP contribution in [-0.2, 0) is 6.18 Å². The van der Waals surface area contributed by atoms with Crippen LogP contribution in [0.3, 0.4) is 0 Å². The third-order valence-corrected chi connectivity index (χ3v) is 2.25. The Kier molecular flexibility index (Phi) is 2.90. The first-order valence-corrected chi connectivity index (χ1v) is 4.81. The maximum absolute atomic E-state index is 13.3. The lowest BCUT2D eigenvalue weighted by molar-refractivity contribution is -0.139. The average Bonchev–Trinajstić information content (AvgIpc) is 2.28. The van der Waals surface area contributed by atoms with Gasteiger partial charge in [0.1, 0.15) is 5.82 Å². The van der Waals surface area contributed by atoms with Crippen molar-refractivity contribution in [3.63, 3.8) is 0 Å². The fourth-order valence-electron chi connectivity index (χ4n) is 1.41. The second kappa shape index (κ2) is 4.25. The van der Waals surface area contributed by atoms with E-state index >= 15 is 0 Å². The molecule has 18 heavy (non-hydrogen) atoms. The van der Waals surface area contributed by atoms with Crippen LogP contribution >= 0.6 is 0 Å². The van der Waals surface area contributed by atoms with Crippen molar-refractivity contribution in [2.24, 2.45) is 0 Å². The first kappa shape index (κ1) is 12.3. The fourth-order valence-corrected chi connectivity index (χ4v) is 1.41. The van der Waals surface area contributed by atoms with Crippen LogP contribution in [0.15, 0.2) is 35.1 Å². The van der Waals surface area contributed by atoms with Gasteiger partial charge in [0, 0.05) is 11.6 Å². The number of nitrogens with zero attached hydrogens (tertiary/aromatic N) is 1. The zero-order chi connectivity index (χ0) is 13.3. The Morgan fingerprint density at radius 1 is 1.11 bits per heavy atom. The second-order valence-corrected chi connectivity index (χ2v) is 3.50. The van der Waals surface area contributed by atoms with Crippen LogP contribution in [0.25, 0.3) is 11.3 Å². The summed E-state index contributed by atoms with van der Waals surface area (Å²) in [5.74, 6) is -1.38. The highest BCUT2D eigenvalue weighted by Crippen LogP contribution is 2.32. The summed E-state index contributed by atoms with van der Waals surface area (Å²) in [6.07, 6.45) is -4.74. The third-order valence-electron chi connectivity index (χ3n) is 2.25. The average molecular weight is 258 g/mol. The van der Waals surface area contributed by atoms with Crippen LogP contribution < -0.4 is 5.56 Å². The molecule has 0 amide bonds. The minimum absolute atomic E-state index is 0.150. The van der Waals surface area contributed by atoms with Gasteiger partial charge in [-0.15, -0.1) is 0 Å². The van der Waals surface area contributed by atoms with E-state index in [-0.39, 0.29) is 11.3 Å². The van der Waals surface area contributed by atoms with E-state index in [2.05, 4.69) is 10.2 Å². The van der Waals surface area contributed by atoms with Gasteiger partial charge in [0.2, 0.25) is 0 Å². The van der Waals surface area contributed by atoms with Crippen molar-refractivity contribution < 1.29 is 17.6 Å². The second-order valence-electron chi connectivity index (χ2n) is 3.50. The molecule has 3 nitrogen and oxygen atoms in total. The summed E-state index contributed by atoms with van der Waals surface area (Å²) in [5.41, 5.74) is -1.46. The molecule has 94 valence electrons. The zero-order valence-corrected chi connectivity index (χ0v) is 8.75. The van der Waals surface area contributed by atoms with Crippen LogP contribution in [-0.4, -0.2) is 10.2 Å². The molecular formula is C11H6F4N2O. The Bertz CT molecular complexity index is 613. The first-order valence-electron chi connectivity index (χ1n) is 4.81. The summed E-state index contributed by atoms with van der Waals surface area (Å²) in [6.45, 7) is 0. The molecule has 0 aliphatic heterocycles. The molecule has 1 heterocycles. The number of alkyl halides is 3. The number of hydrogen-bond acceptors (Lipinski definition) is 2. The van der Waals surface area contributed by atoms with Gasteiger partial charge in [-0.3, -0.25) is 4.79 Å². The maximum atomic E-state index is 13.3. The Labute approximate surface area is 98.1 Å². The van der Waals surface area contributed by atoms with Crippen molar-refractivity contribution in [1.29, 1.82) is 0 Å². The molecule has 0 fully saturated rings. The van der Waals surface area contributed by atoms with Crippen LogP contribution in [0.4, 0.5) is 17.6 Å². The summed E-state index contributed by atoms with van der Waals surface area (Å²) in [7, 11) is 0. The Balaban J connectivity index is 2.46. The normalized spacial score (nSPS) is 11.6. The Hall–Kier alpha value is -2.18. The van der Waals surface area contributed by atoms with Crippen molar-refractivity contribution in [1.82, 2.24) is 10.2 Å². The van der Waals surface area contributed by atoms with Crippen molar-refractivity contribution >= 4 is 0 Å². The molecule has 0 saturated carbocycles. The van der Waals surface area contributed by atoms with Gasteiger partial charge in [-0.2, -0.15) is 18.3 Å². The minimum atomic E-state index is -4.74. The molecule has 7 heteroatoms. The number of hydrogen-bond donors (Lipinski definition) is 1. The molecule has 1 aromatic carbocycles. The SMILES string of the molecule is O=c1ccc(-c2ccc(C(F)(F)F)c(F)c2)n[nH]1. The van der Waals surface area contributed by atoms with E-state index in [9.17, 15) is 22.4 Å². The number of aromatic nitrogens is 2. The predicted octanol–water partition coefficient (Wildman–Crippen LogP) is 2.59. The molecule has 1 N–H and O–H groups in total. The standard InChI is InChI=1S/C11H6F4N2O/c12-8-5-6(1-2-7(8)11(13,14)15)9-3-4-10(18)17-16-9/h1-5H,(H,17,18). The van der Waals surface area contributed by atoms with Gasteiger partial charge in [-0.05, 0) is 18.2 Å². The number of H-pyrrole nitrogens is 1. The summed E-state index contributed by atoms with van der Waals surface area (Å²) < 4.78 is 50.3. The van der Waals surface area contributed by atoms with E-state index in [0.29, 0.717) is 6.07 Å². The number of nitrogens with one attached hydrogen (secondary N) is 1.